The predicted molar refractivity (Wildman–Crippen MR) is 111 cm³/mol. The Balaban J connectivity index is 1.77. The molecule has 0 spiro atoms. The summed E-state index contributed by atoms with van der Waals surface area (Å²) < 4.78 is 29.1. The molecule has 0 aliphatic heterocycles. The molecule has 0 atom stereocenters. The average molecular weight is 438 g/mol. The standard InChI is InChI=1S/C16H16ClN7O2S2/c1-23(28(25,26)14-13(17)20-16-24(14)6-7-27-16)10-4-2-9-3-5-12(11(9)8-10)21-22-15(18)19/h2,4,6-8H,3,5H2,1H3,(H4,18,19,22)/b21-12+. The van der Waals surface area contributed by atoms with E-state index in [0.29, 0.717) is 22.8 Å². The fourth-order valence-corrected chi connectivity index (χ4v) is 5.68. The number of nitrogens with two attached hydrogens (primary N) is 2. The molecule has 3 aromatic rings. The first-order valence-electron chi connectivity index (χ1n) is 8.18. The van der Waals surface area contributed by atoms with E-state index in [0.717, 1.165) is 17.5 Å². The zero-order valence-electron chi connectivity index (χ0n) is 14.7. The van der Waals surface area contributed by atoms with Crippen molar-refractivity contribution in [2.45, 2.75) is 17.9 Å². The molecule has 0 unspecified atom stereocenters. The minimum Gasteiger partial charge on any atom is -0.369 e. The van der Waals surface area contributed by atoms with Crippen molar-refractivity contribution in [3.05, 3.63) is 46.1 Å². The van der Waals surface area contributed by atoms with E-state index in [1.807, 2.05) is 6.07 Å². The molecule has 0 radical (unpaired) electrons. The quantitative estimate of drug-likeness (QED) is 0.365. The van der Waals surface area contributed by atoms with Gasteiger partial charge in [0.05, 0.1) is 11.4 Å². The van der Waals surface area contributed by atoms with E-state index in [2.05, 4.69) is 15.2 Å². The number of hydrogen-bond donors (Lipinski definition) is 2. The molecule has 1 aliphatic rings. The van der Waals surface area contributed by atoms with E-state index in [9.17, 15) is 8.42 Å². The molecule has 2 heterocycles. The van der Waals surface area contributed by atoms with Crippen molar-refractivity contribution in [2.24, 2.45) is 21.7 Å². The Hall–Kier alpha value is -2.63. The zero-order chi connectivity index (χ0) is 20.1. The van der Waals surface area contributed by atoms with E-state index < -0.39 is 10.0 Å². The van der Waals surface area contributed by atoms with Gasteiger partial charge in [0.1, 0.15) is 0 Å². The largest absolute Gasteiger partial charge is 0.369 e. The number of benzene rings is 1. The summed E-state index contributed by atoms with van der Waals surface area (Å²) in [4.78, 5) is 4.62. The van der Waals surface area contributed by atoms with Gasteiger partial charge in [-0.05, 0) is 30.5 Å². The van der Waals surface area contributed by atoms with Gasteiger partial charge in [0, 0.05) is 24.2 Å². The summed E-state index contributed by atoms with van der Waals surface area (Å²) in [6.07, 6.45) is 3.09. The van der Waals surface area contributed by atoms with Crippen molar-refractivity contribution >= 4 is 55.3 Å². The van der Waals surface area contributed by atoms with Crippen LogP contribution < -0.4 is 15.8 Å². The van der Waals surface area contributed by atoms with Gasteiger partial charge in [-0.1, -0.05) is 17.7 Å². The third-order valence-corrected chi connectivity index (χ3v) is 7.41. The summed E-state index contributed by atoms with van der Waals surface area (Å²) in [5, 5.41) is 9.41. The van der Waals surface area contributed by atoms with Gasteiger partial charge in [-0.2, -0.15) is 13.5 Å². The molecular formula is C16H16ClN7O2S2. The van der Waals surface area contributed by atoms with E-state index in [1.54, 1.807) is 23.7 Å². The van der Waals surface area contributed by atoms with E-state index >= 15 is 0 Å². The number of rotatable bonds is 4. The van der Waals surface area contributed by atoms with Crippen LogP contribution in [0.3, 0.4) is 0 Å². The molecule has 9 nitrogen and oxygen atoms in total. The van der Waals surface area contributed by atoms with Gasteiger partial charge in [-0.15, -0.1) is 16.4 Å². The number of halogens is 1. The third-order valence-electron chi connectivity index (χ3n) is 4.47. The maximum atomic E-state index is 13.2. The summed E-state index contributed by atoms with van der Waals surface area (Å²) in [7, 11) is -2.46. The van der Waals surface area contributed by atoms with Crippen LogP contribution in [-0.2, 0) is 16.4 Å². The first-order valence-corrected chi connectivity index (χ1v) is 10.9. The van der Waals surface area contributed by atoms with Crippen molar-refractivity contribution in [2.75, 3.05) is 11.4 Å². The number of guanidine groups is 1. The minimum atomic E-state index is -3.94. The Morgan fingerprint density at radius 2 is 2.14 bits per heavy atom. The number of sulfonamides is 1. The Labute approximate surface area is 170 Å². The topological polar surface area (TPSA) is 131 Å². The van der Waals surface area contributed by atoms with Crippen LogP contribution in [0.15, 0.2) is 45.0 Å². The average Bonchev–Trinajstić information content (AvgIpc) is 3.32. The fraction of sp³-hybridized carbons (Fsp3) is 0.188. The van der Waals surface area contributed by atoms with Gasteiger partial charge in [0.2, 0.25) is 5.96 Å². The van der Waals surface area contributed by atoms with Crippen LogP contribution in [0.25, 0.3) is 4.96 Å². The van der Waals surface area contributed by atoms with E-state index in [4.69, 9.17) is 23.1 Å². The van der Waals surface area contributed by atoms with Gasteiger partial charge in [0.15, 0.2) is 15.1 Å². The highest BCUT2D eigenvalue weighted by Crippen LogP contribution is 2.32. The van der Waals surface area contributed by atoms with E-state index in [-0.39, 0.29) is 16.1 Å². The number of aromatic nitrogens is 2. The van der Waals surface area contributed by atoms with Crippen molar-refractivity contribution in [1.29, 1.82) is 0 Å². The number of anilines is 1. The Morgan fingerprint density at radius 1 is 1.36 bits per heavy atom. The number of fused-ring (bicyclic) bond motifs is 2. The van der Waals surface area contributed by atoms with Crippen molar-refractivity contribution in [1.82, 2.24) is 9.38 Å². The summed E-state index contributed by atoms with van der Waals surface area (Å²) in [6, 6.07) is 5.40. The van der Waals surface area contributed by atoms with Crippen LogP contribution in [0.5, 0.6) is 0 Å². The predicted octanol–water partition coefficient (Wildman–Crippen LogP) is 1.80. The number of hydrogen-bond acceptors (Lipinski definition) is 6. The van der Waals surface area contributed by atoms with Crippen LogP contribution in [0.4, 0.5) is 5.69 Å². The van der Waals surface area contributed by atoms with Crippen molar-refractivity contribution < 1.29 is 8.42 Å². The summed E-state index contributed by atoms with van der Waals surface area (Å²) >= 11 is 7.43. The lowest BCUT2D eigenvalue weighted by Gasteiger charge is -2.20. The summed E-state index contributed by atoms with van der Waals surface area (Å²) in [5.41, 5.74) is 13.7. The molecule has 146 valence electrons. The molecule has 4 N–H and O–H groups in total. The molecule has 0 amide bonds. The van der Waals surface area contributed by atoms with Crippen LogP contribution in [0, 0.1) is 0 Å². The molecule has 0 saturated heterocycles. The molecule has 1 aliphatic carbocycles. The fourth-order valence-electron chi connectivity index (χ4n) is 3.09. The Kier molecular flexibility index (Phi) is 4.52. The second-order valence-corrected chi connectivity index (χ2v) is 9.26. The normalized spacial score (nSPS) is 15.1. The highest BCUT2D eigenvalue weighted by molar-refractivity contribution is 7.92. The highest BCUT2D eigenvalue weighted by Gasteiger charge is 2.30. The first-order chi connectivity index (χ1) is 13.3. The number of nitrogens with zero attached hydrogens (tertiary/aromatic N) is 5. The number of thiazole rings is 1. The summed E-state index contributed by atoms with van der Waals surface area (Å²) in [5.74, 6) is -0.132. The minimum absolute atomic E-state index is 0.0603. The Morgan fingerprint density at radius 3 is 2.89 bits per heavy atom. The van der Waals surface area contributed by atoms with Gasteiger partial charge in [-0.25, -0.2) is 4.98 Å². The van der Waals surface area contributed by atoms with Crippen molar-refractivity contribution in [3.63, 3.8) is 0 Å². The molecule has 2 aromatic heterocycles. The number of aryl methyl sites for hydroxylation is 1. The van der Waals surface area contributed by atoms with Crippen LogP contribution >= 0.6 is 22.9 Å². The van der Waals surface area contributed by atoms with Gasteiger partial charge >= 0.3 is 0 Å². The van der Waals surface area contributed by atoms with Gasteiger partial charge < -0.3 is 11.5 Å². The zero-order valence-corrected chi connectivity index (χ0v) is 17.1. The maximum Gasteiger partial charge on any atom is 0.283 e. The third kappa shape index (κ3) is 3.01. The van der Waals surface area contributed by atoms with Crippen LogP contribution in [-0.4, -0.2) is 36.5 Å². The monoisotopic (exact) mass is 437 g/mol. The van der Waals surface area contributed by atoms with Gasteiger partial charge in [0.25, 0.3) is 10.0 Å². The molecule has 4 rings (SSSR count). The molecule has 0 bridgehead atoms. The molecular weight excluding hydrogens is 422 g/mol. The van der Waals surface area contributed by atoms with E-state index in [1.165, 1.54) is 27.1 Å². The second kappa shape index (κ2) is 6.76. The lowest BCUT2D eigenvalue weighted by Crippen LogP contribution is -2.28. The second-order valence-electron chi connectivity index (χ2n) is 6.15. The maximum absolute atomic E-state index is 13.2. The molecule has 12 heteroatoms. The SMILES string of the molecule is CN(c1ccc2c(c1)/C(=N/N=C(N)N)CC2)S(=O)(=O)c1c(Cl)nc2sccn12. The lowest BCUT2D eigenvalue weighted by molar-refractivity contribution is 0.590. The smallest absolute Gasteiger partial charge is 0.283 e. The lowest BCUT2D eigenvalue weighted by atomic mass is 10.1. The van der Waals surface area contributed by atoms with Crippen LogP contribution in [0.1, 0.15) is 17.5 Å². The first kappa shape index (κ1) is 18.7. The summed E-state index contributed by atoms with van der Waals surface area (Å²) in [6.45, 7) is 0. The Bertz CT molecular complexity index is 1240. The molecule has 0 saturated carbocycles. The molecule has 28 heavy (non-hydrogen) atoms. The van der Waals surface area contributed by atoms with Crippen molar-refractivity contribution in [3.8, 4) is 0 Å². The highest BCUT2D eigenvalue weighted by atomic mass is 35.5. The van der Waals surface area contributed by atoms with Crippen LogP contribution in [0.2, 0.25) is 5.15 Å². The molecule has 1 aromatic carbocycles. The molecule has 0 fully saturated rings. The van der Waals surface area contributed by atoms with Gasteiger partial charge in [-0.3, -0.25) is 8.71 Å². The number of imidazole rings is 1.